The van der Waals surface area contributed by atoms with E-state index in [0.29, 0.717) is 6.42 Å². The second-order valence-electron chi connectivity index (χ2n) is 1.44. The molecule has 0 rings (SSSR count). The molecule has 0 saturated heterocycles. The summed E-state index contributed by atoms with van der Waals surface area (Å²) in [7, 11) is 0. The lowest BCUT2D eigenvalue weighted by Gasteiger charge is -1.87. The van der Waals surface area contributed by atoms with Crippen molar-refractivity contribution in [3.63, 3.8) is 0 Å². The van der Waals surface area contributed by atoms with E-state index in [1.54, 1.807) is 6.08 Å². The van der Waals surface area contributed by atoms with E-state index >= 15 is 0 Å². The minimum atomic E-state index is 0.486. The number of allylic oxidation sites excluding steroid dienone is 3. The van der Waals surface area contributed by atoms with Crippen LogP contribution in [0, 0.1) is 0 Å². The van der Waals surface area contributed by atoms with Crippen molar-refractivity contribution in [1.82, 2.24) is 0 Å². The molecule has 0 heterocycles. The zero-order chi connectivity index (χ0) is 6.41. The lowest BCUT2D eigenvalue weighted by molar-refractivity contribution is -0.107. The predicted octanol–water partition coefficient (Wildman–Crippen LogP) is 1.71. The Labute approximate surface area is 49.7 Å². The molecule has 1 heteroatoms. The van der Waals surface area contributed by atoms with Gasteiger partial charge in [0.25, 0.3) is 0 Å². The molecule has 1 nitrogen and oxygen atoms in total. The van der Waals surface area contributed by atoms with E-state index in [1.165, 1.54) is 0 Å². The van der Waals surface area contributed by atoms with Gasteiger partial charge in [0.15, 0.2) is 0 Å². The molecule has 0 radical (unpaired) electrons. The molecule has 0 fully saturated rings. The van der Waals surface area contributed by atoms with Crippen LogP contribution in [0.25, 0.3) is 0 Å². The second kappa shape index (κ2) is 4.31. The van der Waals surface area contributed by atoms with Gasteiger partial charge in [-0.15, -0.1) is 0 Å². The fourth-order valence-corrected chi connectivity index (χ4v) is 0.415. The zero-order valence-corrected chi connectivity index (χ0v) is 5.05. The van der Waals surface area contributed by atoms with E-state index in [0.717, 1.165) is 11.9 Å². The fraction of sp³-hybridized carbons (Fsp3) is 0.286. The zero-order valence-electron chi connectivity index (χ0n) is 5.05. The topological polar surface area (TPSA) is 17.1 Å². The van der Waals surface area contributed by atoms with Gasteiger partial charge in [0.2, 0.25) is 0 Å². The Balaban J connectivity index is 3.71. The summed E-state index contributed by atoms with van der Waals surface area (Å²) in [6.45, 7) is 5.41. The molecule has 0 amide bonds. The van der Waals surface area contributed by atoms with E-state index in [9.17, 15) is 4.79 Å². The Morgan fingerprint density at radius 3 is 2.50 bits per heavy atom. The largest absolute Gasteiger partial charge is 0.303 e. The molecular weight excluding hydrogens is 100 g/mol. The lowest BCUT2D eigenvalue weighted by Crippen LogP contribution is -1.76. The lowest BCUT2D eigenvalue weighted by atomic mass is 10.2. The number of rotatable bonds is 3. The van der Waals surface area contributed by atoms with Gasteiger partial charge >= 0.3 is 0 Å². The summed E-state index contributed by atoms with van der Waals surface area (Å²) in [5.74, 6) is 0. The van der Waals surface area contributed by atoms with Crippen LogP contribution in [0.3, 0.4) is 0 Å². The first-order valence-corrected chi connectivity index (χ1v) is 2.56. The molecule has 0 aliphatic carbocycles. The molecule has 0 bridgehead atoms. The Kier molecular flexibility index (Phi) is 3.85. The first-order chi connectivity index (χ1) is 3.85. The van der Waals surface area contributed by atoms with Crippen LogP contribution >= 0.6 is 0 Å². The molecule has 0 unspecified atom stereocenters. The van der Waals surface area contributed by atoms with Crippen molar-refractivity contribution >= 4 is 6.29 Å². The summed E-state index contributed by atoms with van der Waals surface area (Å²) in [6.07, 6.45) is 4.92. The van der Waals surface area contributed by atoms with Crippen LogP contribution in [-0.2, 0) is 4.79 Å². The van der Waals surface area contributed by atoms with Crippen molar-refractivity contribution in [2.24, 2.45) is 0 Å². The molecule has 0 N–H and O–H groups in total. The molecule has 0 saturated carbocycles. The first-order valence-electron chi connectivity index (χ1n) is 2.56. The molecular formula is C7H10O. The van der Waals surface area contributed by atoms with Crippen LogP contribution in [-0.4, -0.2) is 6.29 Å². The van der Waals surface area contributed by atoms with Gasteiger partial charge in [-0.2, -0.15) is 0 Å². The molecule has 44 valence electrons. The number of carbonyl (C=O) groups excluding carboxylic acids is 1. The molecule has 0 atom stereocenters. The normalized spacial score (nSPS) is 10.9. The third kappa shape index (κ3) is 2.35. The van der Waals surface area contributed by atoms with Crippen LogP contribution in [0.1, 0.15) is 13.3 Å². The van der Waals surface area contributed by atoms with Crippen molar-refractivity contribution in [3.05, 3.63) is 24.3 Å². The Hall–Kier alpha value is -0.850. The third-order valence-electron chi connectivity index (χ3n) is 0.952. The van der Waals surface area contributed by atoms with Crippen molar-refractivity contribution < 1.29 is 4.79 Å². The average molecular weight is 110 g/mol. The summed E-state index contributed by atoms with van der Waals surface area (Å²) in [4.78, 5) is 9.84. The minimum Gasteiger partial charge on any atom is -0.303 e. The Bertz CT molecular complexity index is 112. The predicted molar refractivity (Wildman–Crippen MR) is 34.6 cm³/mol. The summed E-state index contributed by atoms with van der Waals surface area (Å²) in [5.41, 5.74) is 0.986. The molecule has 0 aromatic heterocycles. The van der Waals surface area contributed by atoms with Crippen LogP contribution in [0.2, 0.25) is 0 Å². The van der Waals surface area contributed by atoms with Gasteiger partial charge in [0, 0.05) is 6.42 Å². The van der Waals surface area contributed by atoms with E-state index in [1.807, 2.05) is 13.0 Å². The van der Waals surface area contributed by atoms with Gasteiger partial charge in [-0.3, -0.25) is 0 Å². The standard InChI is InChI=1S/C7H10O/c1-3-7(4-2)5-6-8/h3-4,6H,1,5H2,2H3/b7-4+. The third-order valence-corrected chi connectivity index (χ3v) is 0.952. The summed E-state index contributed by atoms with van der Waals surface area (Å²) in [6, 6.07) is 0. The van der Waals surface area contributed by atoms with Gasteiger partial charge in [-0.1, -0.05) is 18.7 Å². The van der Waals surface area contributed by atoms with E-state index in [-0.39, 0.29) is 0 Å². The molecule has 0 aliphatic rings. The van der Waals surface area contributed by atoms with E-state index in [2.05, 4.69) is 6.58 Å². The van der Waals surface area contributed by atoms with Crippen LogP contribution in [0.5, 0.6) is 0 Å². The van der Waals surface area contributed by atoms with Gasteiger partial charge in [0.05, 0.1) is 0 Å². The smallest absolute Gasteiger partial charge is 0.124 e. The quantitative estimate of drug-likeness (QED) is 0.399. The molecule has 0 spiro atoms. The second-order valence-corrected chi connectivity index (χ2v) is 1.44. The van der Waals surface area contributed by atoms with Crippen molar-refractivity contribution in [2.75, 3.05) is 0 Å². The van der Waals surface area contributed by atoms with Gasteiger partial charge in [0.1, 0.15) is 6.29 Å². The highest BCUT2D eigenvalue weighted by Gasteiger charge is 1.83. The molecule has 0 aromatic rings. The first kappa shape index (κ1) is 7.15. The average Bonchev–Trinajstić information content (AvgIpc) is 1.83. The highest BCUT2D eigenvalue weighted by molar-refractivity contribution is 5.55. The van der Waals surface area contributed by atoms with Crippen molar-refractivity contribution in [1.29, 1.82) is 0 Å². The number of aldehydes is 1. The van der Waals surface area contributed by atoms with Gasteiger partial charge in [-0.25, -0.2) is 0 Å². The maximum Gasteiger partial charge on any atom is 0.124 e. The SMILES string of the molecule is C=C/C(=C\C)CC=O. The number of hydrogen-bond acceptors (Lipinski definition) is 1. The maximum atomic E-state index is 9.84. The number of hydrogen-bond donors (Lipinski definition) is 0. The van der Waals surface area contributed by atoms with Crippen molar-refractivity contribution in [2.45, 2.75) is 13.3 Å². The van der Waals surface area contributed by atoms with Crippen LogP contribution in [0.15, 0.2) is 24.3 Å². The highest BCUT2D eigenvalue weighted by Crippen LogP contribution is 1.97. The summed E-state index contributed by atoms with van der Waals surface area (Å²) in [5, 5.41) is 0. The number of carbonyl (C=O) groups is 1. The summed E-state index contributed by atoms with van der Waals surface area (Å²) >= 11 is 0. The van der Waals surface area contributed by atoms with Crippen LogP contribution in [0.4, 0.5) is 0 Å². The monoisotopic (exact) mass is 110 g/mol. The Morgan fingerprint density at radius 2 is 2.38 bits per heavy atom. The van der Waals surface area contributed by atoms with Crippen molar-refractivity contribution in [3.8, 4) is 0 Å². The van der Waals surface area contributed by atoms with Gasteiger partial charge in [-0.05, 0) is 12.5 Å². The van der Waals surface area contributed by atoms with E-state index < -0.39 is 0 Å². The summed E-state index contributed by atoms with van der Waals surface area (Å²) < 4.78 is 0. The Morgan fingerprint density at radius 1 is 1.75 bits per heavy atom. The maximum absolute atomic E-state index is 9.84. The minimum absolute atomic E-state index is 0.486. The van der Waals surface area contributed by atoms with E-state index in [4.69, 9.17) is 0 Å². The molecule has 0 aromatic carbocycles. The molecule has 0 aliphatic heterocycles. The fourth-order valence-electron chi connectivity index (χ4n) is 0.415. The van der Waals surface area contributed by atoms with Gasteiger partial charge < -0.3 is 4.79 Å². The highest BCUT2D eigenvalue weighted by atomic mass is 16.1. The molecule has 8 heavy (non-hydrogen) atoms. The van der Waals surface area contributed by atoms with Crippen LogP contribution < -0.4 is 0 Å².